The Morgan fingerprint density at radius 3 is 1.11 bits per heavy atom. The molecule has 0 fully saturated rings. The Hall–Kier alpha value is -5.22. The number of carboxylic acids is 4. The Bertz CT molecular complexity index is 1250. The van der Waals surface area contributed by atoms with Crippen molar-refractivity contribution >= 4 is 46.8 Å². The van der Waals surface area contributed by atoms with E-state index in [9.17, 15) is 39.0 Å². The van der Waals surface area contributed by atoms with Crippen molar-refractivity contribution in [1.29, 1.82) is 0 Å². The van der Waals surface area contributed by atoms with Crippen LogP contribution in [-0.2, 0) is 19.2 Å². The van der Waals surface area contributed by atoms with E-state index in [1.807, 2.05) is 0 Å². The minimum absolute atomic E-state index is 0.169. The molecule has 2 aromatic rings. The first-order valence-corrected chi connectivity index (χ1v) is 13.3. The minimum atomic E-state index is -1.31. The van der Waals surface area contributed by atoms with Crippen LogP contribution in [0, 0.1) is 0 Å². The summed E-state index contributed by atoms with van der Waals surface area (Å²) in [6.07, 6.45) is 1.69. The Morgan fingerprint density at radius 1 is 0.545 bits per heavy atom. The number of aromatic hydroxyl groups is 2. The summed E-state index contributed by atoms with van der Waals surface area (Å²) in [5.41, 5.74) is 12.2. The Labute approximate surface area is 251 Å². The predicted octanol–water partition coefficient (Wildman–Crippen LogP) is 1.27. The molecule has 3 rings (SSSR count). The largest absolute Gasteiger partial charge is 0.507 e. The zero-order valence-electron chi connectivity index (χ0n) is 23.7. The third-order valence-electron chi connectivity index (χ3n) is 5.77. The fraction of sp³-hybridized carbons (Fsp3) is 0.357. The van der Waals surface area contributed by atoms with Crippen LogP contribution in [0.3, 0.4) is 0 Å². The average molecular weight is 621 g/mol. The molecule has 44 heavy (non-hydrogen) atoms. The van der Waals surface area contributed by atoms with Gasteiger partial charge in [0.1, 0.15) is 24.3 Å². The number of phenolic OH excluding ortho intramolecular Hbond substituents is 2. The van der Waals surface area contributed by atoms with E-state index in [2.05, 4.69) is 10.6 Å². The Balaban J connectivity index is 0.000000574. The highest BCUT2D eigenvalue weighted by atomic mass is 16.4. The molecular weight excluding hydrogens is 584 g/mol. The van der Waals surface area contributed by atoms with Gasteiger partial charge < -0.3 is 52.7 Å². The maximum absolute atomic E-state index is 13.3. The third-order valence-corrected chi connectivity index (χ3v) is 5.77. The van der Waals surface area contributed by atoms with Crippen molar-refractivity contribution in [2.45, 2.75) is 38.5 Å². The van der Waals surface area contributed by atoms with Crippen LogP contribution in [0.15, 0.2) is 24.3 Å². The van der Waals surface area contributed by atoms with Gasteiger partial charge in [-0.3, -0.25) is 28.8 Å². The quantitative estimate of drug-likeness (QED) is 0.0689. The summed E-state index contributed by atoms with van der Waals surface area (Å²) < 4.78 is 0. The molecule has 0 amide bonds. The number of unbranched alkanes of at least 4 members (excludes halogenated alkanes) is 2. The molecule has 0 saturated heterocycles. The lowest BCUT2D eigenvalue weighted by molar-refractivity contribution is -0.149. The SMILES string of the molecule is NCCCCNc1ccc(NCCCCN)c2c1C(=O)c1c(O)ccc(O)c1C2=O.O=C(O)CC(=O)O.O=C(O)CC(=O)O. The predicted molar refractivity (Wildman–Crippen MR) is 156 cm³/mol. The number of carbonyl (C=O) groups is 6. The van der Waals surface area contributed by atoms with Gasteiger partial charge in [-0.1, -0.05) is 0 Å². The van der Waals surface area contributed by atoms with Gasteiger partial charge in [0.25, 0.3) is 0 Å². The molecule has 0 bridgehead atoms. The molecule has 0 unspecified atom stereocenters. The molecule has 0 spiro atoms. The van der Waals surface area contributed by atoms with E-state index < -0.39 is 48.3 Å². The number of ketones is 2. The molecule has 0 radical (unpaired) electrons. The molecule has 0 atom stereocenters. The normalized spacial score (nSPS) is 11.0. The number of nitrogens with two attached hydrogens (primary N) is 2. The molecule has 240 valence electrons. The second kappa shape index (κ2) is 18.3. The highest BCUT2D eigenvalue weighted by Crippen LogP contribution is 2.42. The van der Waals surface area contributed by atoms with E-state index >= 15 is 0 Å². The molecular formula is C28H36N4O12. The minimum Gasteiger partial charge on any atom is -0.507 e. The van der Waals surface area contributed by atoms with Crippen molar-refractivity contribution in [2.75, 3.05) is 36.8 Å². The highest BCUT2D eigenvalue weighted by molar-refractivity contribution is 6.33. The van der Waals surface area contributed by atoms with Gasteiger partial charge in [-0.05, 0) is 63.0 Å². The first-order valence-electron chi connectivity index (χ1n) is 13.3. The maximum atomic E-state index is 13.3. The fourth-order valence-corrected chi connectivity index (χ4v) is 3.90. The van der Waals surface area contributed by atoms with Crippen molar-refractivity contribution in [1.82, 2.24) is 0 Å². The number of hydrogen-bond donors (Lipinski definition) is 10. The van der Waals surface area contributed by atoms with Crippen molar-refractivity contribution in [3.63, 3.8) is 0 Å². The summed E-state index contributed by atoms with van der Waals surface area (Å²) in [5, 5.41) is 57.7. The molecule has 0 aromatic heterocycles. The summed E-state index contributed by atoms with van der Waals surface area (Å²) in [5.74, 6) is -6.91. The molecule has 1 aliphatic carbocycles. The summed E-state index contributed by atoms with van der Waals surface area (Å²) >= 11 is 0. The molecule has 0 saturated carbocycles. The van der Waals surface area contributed by atoms with Crippen LogP contribution >= 0.6 is 0 Å². The second-order valence-electron chi connectivity index (χ2n) is 9.20. The van der Waals surface area contributed by atoms with Gasteiger partial charge in [-0.2, -0.15) is 0 Å². The number of nitrogens with one attached hydrogen (secondary N) is 2. The van der Waals surface area contributed by atoms with E-state index in [0.717, 1.165) is 25.7 Å². The number of anilines is 2. The van der Waals surface area contributed by atoms with E-state index in [-0.39, 0.29) is 33.8 Å². The lowest BCUT2D eigenvalue weighted by Crippen LogP contribution is -2.25. The van der Waals surface area contributed by atoms with Crippen LogP contribution in [0.25, 0.3) is 0 Å². The third kappa shape index (κ3) is 11.2. The van der Waals surface area contributed by atoms with Gasteiger partial charge in [0.05, 0.1) is 22.3 Å². The number of fused-ring (bicyclic) bond motifs is 2. The van der Waals surface area contributed by atoms with Crippen molar-refractivity contribution in [3.8, 4) is 11.5 Å². The van der Waals surface area contributed by atoms with Crippen molar-refractivity contribution in [2.24, 2.45) is 11.5 Å². The van der Waals surface area contributed by atoms with E-state index in [0.29, 0.717) is 37.6 Å². The molecule has 0 heterocycles. The second-order valence-corrected chi connectivity index (χ2v) is 9.20. The topological polar surface area (TPSA) is 300 Å². The van der Waals surface area contributed by atoms with Gasteiger partial charge in [0.15, 0.2) is 0 Å². The summed E-state index contributed by atoms with van der Waals surface area (Å²) in [6.45, 7) is 2.33. The summed E-state index contributed by atoms with van der Waals surface area (Å²) in [7, 11) is 0. The van der Waals surface area contributed by atoms with Gasteiger partial charge in [0, 0.05) is 24.5 Å². The molecule has 2 aromatic carbocycles. The number of carboxylic acid groups (broad SMARTS) is 4. The number of carbonyl (C=O) groups excluding carboxylic acids is 2. The van der Waals surface area contributed by atoms with E-state index in [1.165, 1.54) is 12.1 Å². The summed E-state index contributed by atoms with van der Waals surface area (Å²) in [6, 6.07) is 5.94. The van der Waals surface area contributed by atoms with Gasteiger partial charge in [-0.15, -0.1) is 0 Å². The van der Waals surface area contributed by atoms with Crippen LogP contribution in [0.1, 0.15) is 70.4 Å². The number of hydrogen-bond acceptors (Lipinski definition) is 12. The number of phenols is 2. The van der Waals surface area contributed by atoms with E-state index in [4.69, 9.17) is 31.9 Å². The molecule has 12 N–H and O–H groups in total. The highest BCUT2D eigenvalue weighted by Gasteiger charge is 2.37. The van der Waals surface area contributed by atoms with Crippen LogP contribution < -0.4 is 22.1 Å². The Kier molecular flexibility index (Phi) is 15.3. The van der Waals surface area contributed by atoms with Crippen molar-refractivity contribution in [3.05, 3.63) is 46.5 Å². The van der Waals surface area contributed by atoms with Crippen LogP contribution in [-0.4, -0.2) is 92.3 Å². The molecule has 16 nitrogen and oxygen atoms in total. The number of benzene rings is 2. The number of aliphatic carboxylic acids is 4. The van der Waals surface area contributed by atoms with Crippen molar-refractivity contribution < 1.29 is 59.4 Å². The number of rotatable bonds is 14. The van der Waals surface area contributed by atoms with Crippen LogP contribution in [0.4, 0.5) is 11.4 Å². The monoisotopic (exact) mass is 620 g/mol. The first-order chi connectivity index (χ1) is 20.8. The smallest absolute Gasteiger partial charge is 0.314 e. The average Bonchev–Trinajstić information content (AvgIpc) is 2.92. The van der Waals surface area contributed by atoms with Gasteiger partial charge in [-0.25, -0.2) is 0 Å². The fourth-order valence-electron chi connectivity index (χ4n) is 3.90. The zero-order valence-corrected chi connectivity index (χ0v) is 23.7. The van der Waals surface area contributed by atoms with Crippen LogP contribution in [0.5, 0.6) is 11.5 Å². The molecule has 1 aliphatic rings. The molecule has 0 aliphatic heterocycles. The van der Waals surface area contributed by atoms with E-state index in [1.54, 1.807) is 12.1 Å². The summed E-state index contributed by atoms with van der Waals surface area (Å²) in [4.78, 5) is 64.4. The lowest BCUT2D eigenvalue weighted by atomic mass is 9.81. The lowest BCUT2D eigenvalue weighted by Gasteiger charge is -2.25. The Morgan fingerprint density at radius 2 is 0.864 bits per heavy atom. The van der Waals surface area contributed by atoms with Crippen LogP contribution in [0.2, 0.25) is 0 Å². The first kappa shape index (κ1) is 36.8. The maximum Gasteiger partial charge on any atom is 0.314 e. The zero-order chi connectivity index (χ0) is 33.4. The molecule has 16 heteroatoms. The standard InChI is InChI=1S/C22H28N4O4.2C3H4O4/c23-9-1-3-11-25-13-5-6-14(26-12-4-2-10-24)18-17(13)21(29)19-15(27)7-8-16(28)20(19)22(18)30;2*4-2(5)1-3(6)7/h5-8,25-28H,1-4,9-12,23-24H2;2*1H2,(H,4,5)(H,6,7). The van der Waals surface area contributed by atoms with Gasteiger partial charge >= 0.3 is 23.9 Å². The van der Waals surface area contributed by atoms with Gasteiger partial charge in [0.2, 0.25) is 11.6 Å².